The van der Waals surface area contributed by atoms with Gasteiger partial charge in [-0.05, 0) is 25.9 Å². The summed E-state index contributed by atoms with van der Waals surface area (Å²) in [6.45, 7) is 5.16. The van der Waals surface area contributed by atoms with Crippen LogP contribution in [0.2, 0.25) is 0 Å². The van der Waals surface area contributed by atoms with Crippen molar-refractivity contribution >= 4 is 28.2 Å². The molecule has 108 valence electrons. The summed E-state index contributed by atoms with van der Waals surface area (Å²) in [5.74, 6) is 1.10. The predicted octanol–water partition coefficient (Wildman–Crippen LogP) is 2.17. The molecule has 1 aliphatic heterocycles. The standard InChI is InChI=1S/C12H22N4OS2/c1-17-9-5-13-11-14-15-12(19-11)18-10-8-16-6-3-2-4-7-16/h2-10H2,1H3,(H,13,14). The third-order valence-electron chi connectivity index (χ3n) is 3.07. The molecule has 0 aromatic carbocycles. The van der Waals surface area contributed by atoms with E-state index in [-0.39, 0.29) is 0 Å². The third kappa shape index (κ3) is 5.64. The van der Waals surface area contributed by atoms with Crippen molar-refractivity contribution in [2.45, 2.75) is 23.6 Å². The highest BCUT2D eigenvalue weighted by Gasteiger charge is 2.10. The molecule has 1 aromatic heterocycles. The van der Waals surface area contributed by atoms with Gasteiger partial charge in [0.15, 0.2) is 4.34 Å². The van der Waals surface area contributed by atoms with Gasteiger partial charge in [0, 0.05) is 26.0 Å². The number of anilines is 1. The van der Waals surface area contributed by atoms with Crippen LogP contribution < -0.4 is 5.32 Å². The van der Waals surface area contributed by atoms with Crippen LogP contribution in [-0.4, -0.2) is 60.7 Å². The molecule has 0 atom stereocenters. The van der Waals surface area contributed by atoms with E-state index in [0.29, 0.717) is 6.61 Å². The molecular weight excluding hydrogens is 280 g/mol. The minimum absolute atomic E-state index is 0.691. The highest BCUT2D eigenvalue weighted by molar-refractivity contribution is 8.01. The minimum atomic E-state index is 0.691. The molecule has 0 aliphatic carbocycles. The third-order valence-corrected chi connectivity index (χ3v) is 5.07. The normalized spacial score (nSPS) is 16.7. The summed E-state index contributed by atoms with van der Waals surface area (Å²) >= 11 is 3.43. The average Bonchev–Trinajstić information content (AvgIpc) is 2.88. The summed E-state index contributed by atoms with van der Waals surface area (Å²) in [7, 11) is 1.70. The quantitative estimate of drug-likeness (QED) is 0.587. The SMILES string of the molecule is COCCNc1nnc(SCCN2CCCCC2)s1. The zero-order chi connectivity index (χ0) is 13.3. The average molecular weight is 302 g/mol. The second kappa shape index (κ2) is 8.73. The smallest absolute Gasteiger partial charge is 0.206 e. The number of methoxy groups -OCH3 is 1. The lowest BCUT2D eigenvalue weighted by atomic mass is 10.1. The zero-order valence-electron chi connectivity index (χ0n) is 11.4. The molecule has 1 N–H and O–H groups in total. The number of hydrogen-bond acceptors (Lipinski definition) is 7. The number of thioether (sulfide) groups is 1. The monoisotopic (exact) mass is 302 g/mol. The maximum absolute atomic E-state index is 4.99. The number of rotatable bonds is 8. The first-order valence-electron chi connectivity index (χ1n) is 6.80. The maximum atomic E-state index is 4.99. The lowest BCUT2D eigenvalue weighted by molar-refractivity contribution is 0.211. The molecule has 1 aliphatic rings. The number of nitrogens with zero attached hydrogens (tertiary/aromatic N) is 3. The van der Waals surface area contributed by atoms with Crippen LogP contribution in [0.5, 0.6) is 0 Å². The summed E-state index contributed by atoms with van der Waals surface area (Å²) in [6, 6.07) is 0. The first kappa shape index (κ1) is 15.0. The van der Waals surface area contributed by atoms with Gasteiger partial charge in [0.25, 0.3) is 0 Å². The second-order valence-corrected chi connectivity index (χ2v) is 6.86. The van der Waals surface area contributed by atoms with Crippen molar-refractivity contribution in [2.75, 3.05) is 51.0 Å². The summed E-state index contributed by atoms with van der Waals surface area (Å²) in [5, 5.41) is 12.4. The van der Waals surface area contributed by atoms with E-state index >= 15 is 0 Å². The van der Waals surface area contributed by atoms with Gasteiger partial charge in [-0.25, -0.2) is 0 Å². The van der Waals surface area contributed by atoms with E-state index in [1.807, 2.05) is 0 Å². The molecule has 0 saturated carbocycles. The Bertz CT molecular complexity index is 355. The first-order valence-corrected chi connectivity index (χ1v) is 8.60. The molecule has 5 nitrogen and oxygen atoms in total. The maximum Gasteiger partial charge on any atom is 0.206 e. The van der Waals surface area contributed by atoms with E-state index in [1.54, 1.807) is 30.2 Å². The number of aromatic nitrogens is 2. The van der Waals surface area contributed by atoms with Crippen LogP contribution >= 0.6 is 23.1 Å². The van der Waals surface area contributed by atoms with Crippen LogP contribution in [0.25, 0.3) is 0 Å². The minimum Gasteiger partial charge on any atom is -0.383 e. The van der Waals surface area contributed by atoms with Crippen molar-refractivity contribution in [2.24, 2.45) is 0 Å². The molecule has 1 aromatic rings. The molecule has 0 unspecified atom stereocenters. The zero-order valence-corrected chi connectivity index (χ0v) is 13.1. The number of hydrogen-bond donors (Lipinski definition) is 1. The van der Waals surface area contributed by atoms with Gasteiger partial charge in [-0.1, -0.05) is 29.5 Å². The van der Waals surface area contributed by atoms with Gasteiger partial charge in [0.2, 0.25) is 5.13 Å². The number of piperidine rings is 1. The summed E-state index contributed by atoms with van der Waals surface area (Å²) in [5.41, 5.74) is 0. The van der Waals surface area contributed by atoms with Crippen molar-refractivity contribution in [3.05, 3.63) is 0 Å². The lowest BCUT2D eigenvalue weighted by Crippen LogP contribution is -2.31. The fourth-order valence-electron chi connectivity index (χ4n) is 2.04. The topological polar surface area (TPSA) is 50.3 Å². The molecule has 2 heterocycles. The van der Waals surface area contributed by atoms with Gasteiger partial charge < -0.3 is 15.0 Å². The fourth-order valence-corrected chi connectivity index (χ4v) is 3.89. The summed E-state index contributed by atoms with van der Waals surface area (Å²) in [4.78, 5) is 2.55. The van der Waals surface area contributed by atoms with E-state index in [0.717, 1.165) is 28.3 Å². The van der Waals surface area contributed by atoms with Gasteiger partial charge >= 0.3 is 0 Å². The van der Waals surface area contributed by atoms with Gasteiger partial charge in [0.05, 0.1) is 6.61 Å². The Morgan fingerprint density at radius 1 is 1.32 bits per heavy atom. The van der Waals surface area contributed by atoms with Crippen molar-refractivity contribution in [1.29, 1.82) is 0 Å². The molecule has 2 rings (SSSR count). The number of likely N-dealkylation sites (tertiary alicyclic amines) is 1. The van der Waals surface area contributed by atoms with E-state index in [2.05, 4.69) is 20.4 Å². The van der Waals surface area contributed by atoms with Gasteiger partial charge in [-0.3, -0.25) is 0 Å². The van der Waals surface area contributed by atoms with Crippen molar-refractivity contribution in [1.82, 2.24) is 15.1 Å². The largest absolute Gasteiger partial charge is 0.383 e. The Balaban J connectivity index is 1.62. The number of nitrogens with one attached hydrogen (secondary N) is 1. The Kier molecular flexibility index (Phi) is 6.91. The Morgan fingerprint density at radius 2 is 2.16 bits per heavy atom. The fraction of sp³-hybridized carbons (Fsp3) is 0.833. The van der Waals surface area contributed by atoms with E-state index in [9.17, 15) is 0 Å². The molecule has 0 bridgehead atoms. The molecule has 0 radical (unpaired) electrons. The van der Waals surface area contributed by atoms with Crippen LogP contribution in [0.15, 0.2) is 4.34 Å². The molecule has 1 fully saturated rings. The molecule has 7 heteroatoms. The molecular formula is C12H22N4OS2. The van der Waals surface area contributed by atoms with Crippen LogP contribution in [0.3, 0.4) is 0 Å². The van der Waals surface area contributed by atoms with Gasteiger partial charge in [-0.15, -0.1) is 10.2 Å². The van der Waals surface area contributed by atoms with Crippen molar-refractivity contribution in [3.8, 4) is 0 Å². The lowest BCUT2D eigenvalue weighted by Gasteiger charge is -2.25. The van der Waals surface area contributed by atoms with Crippen molar-refractivity contribution in [3.63, 3.8) is 0 Å². The van der Waals surface area contributed by atoms with Gasteiger partial charge in [-0.2, -0.15) is 0 Å². The molecule has 0 spiro atoms. The highest BCUT2D eigenvalue weighted by atomic mass is 32.2. The summed E-state index contributed by atoms with van der Waals surface area (Å²) < 4.78 is 6.04. The summed E-state index contributed by atoms with van der Waals surface area (Å²) in [6.07, 6.45) is 4.12. The highest BCUT2D eigenvalue weighted by Crippen LogP contribution is 2.25. The van der Waals surface area contributed by atoms with Crippen LogP contribution in [0, 0.1) is 0 Å². The van der Waals surface area contributed by atoms with E-state index in [4.69, 9.17) is 4.74 Å². The van der Waals surface area contributed by atoms with Gasteiger partial charge in [0.1, 0.15) is 0 Å². The van der Waals surface area contributed by atoms with Crippen molar-refractivity contribution < 1.29 is 4.74 Å². The molecule has 19 heavy (non-hydrogen) atoms. The molecule has 1 saturated heterocycles. The van der Waals surface area contributed by atoms with Crippen LogP contribution in [0.4, 0.5) is 5.13 Å². The van der Waals surface area contributed by atoms with Crippen LogP contribution in [-0.2, 0) is 4.74 Å². The Morgan fingerprint density at radius 3 is 2.95 bits per heavy atom. The number of ether oxygens (including phenoxy) is 1. The van der Waals surface area contributed by atoms with E-state index < -0.39 is 0 Å². The Hall–Kier alpha value is -0.370. The first-order chi connectivity index (χ1) is 9.38. The van der Waals surface area contributed by atoms with Crippen LogP contribution in [0.1, 0.15) is 19.3 Å². The Labute approximate surface area is 123 Å². The predicted molar refractivity (Wildman–Crippen MR) is 81.3 cm³/mol. The van der Waals surface area contributed by atoms with E-state index in [1.165, 1.54) is 32.4 Å². The second-order valence-electron chi connectivity index (χ2n) is 4.54. The molecule has 0 amide bonds.